The van der Waals surface area contributed by atoms with Gasteiger partial charge in [-0.25, -0.2) is 0 Å². The molecule has 0 radical (unpaired) electrons. The molecule has 2 nitrogen and oxygen atoms in total. The molecular formula is C11H17NOS. The van der Waals surface area contributed by atoms with Crippen LogP contribution in [0.15, 0.2) is 18.2 Å². The fourth-order valence-corrected chi connectivity index (χ4v) is 1.59. The van der Waals surface area contributed by atoms with Crippen molar-refractivity contribution in [2.24, 2.45) is 0 Å². The molecule has 0 aromatic heterocycles. The zero-order valence-corrected chi connectivity index (χ0v) is 9.78. The molecule has 3 heteroatoms. The van der Waals surface area contributed by atoms with Gasteiger partial charge in [-0.2, -0.15) is 11.8 Å². The Morgan fingerprint density at radius 2 is 2.21 bits per heavy atom. The van der Waals surface area contributed by atoms with Crippen molar-refractivity contribution in [3.8, 4) is 5.75 Å². The number of aryl methyl sites for hydroxylation is 1. The van der Waals surface area contributed by atoms with Crippen molar-refractivity contribution in [3.05, 3.63) is 23.8 Å². The minimum atomic E-state index is 0.945. The monoisotopic (exact) mass is 211 g/mol. The summed E-state index contributed by atoms with van der Waals surface area (Å²) < 4.78 is 5.19. The maximum absolute atomic E-state index is 5.19. The van der Waals surface area contributed by atoms with E-state index in [9.17, 15) is 0 Å². The van der Waals surface area contributed by atoms with Crippen LogP contribution in [-0.4, -0.2) is 25.7 Å². The third kappa shape index (κ3) is 3.14. The molecule has 14 heavy (non-hydrogen) atoms. The van der Waals surface area contributed by atoms with Crippen LogP contribution in [0.5, 0.6) is 5.75 Å². The highest BCUT2D eigenvalue weighted by atomic mass is 32.2. The Bertz CT molecular complexity index is 289. The van der Waals surface area contributed by atoms with Crippen LogP contribution < -0.4 is 10.1 Å². The van der Waals surface area contributed by atoms with Crippen molar-refractivity contribution in [2.45, 2.75) is 6.92 Å². The second-order valence-corrected chi connectivity index (χ2v) is 4.09. The van der Waals surface area contributed by atoms with Gasteiger partial charge in [0.2, 0.25) is 0 Å². The highest BCUT2D eigenvalue weighted by Gasteiger charge is 1.98. The maximum atomic E-state index is 5.19. The van der Waals surface area contributed by atoms with Gasteiger partial charge in [0.1, 0.15) is 5.75 Å². The predicted octanol–water partition coefficient (Wildman–Crippen LogP) is 2.78. The number of benzene rings is 1. The number of methoxy groups -OCH3 is 1. The molecule has 1 N–H and O–H groups in total. The second kappa shape index (κ2) is 5.81. The van der Waals surface area contributed by atoms with E-state index in [1.54, 1.807) is 7.11 Å². The Kier molecular flexibility index (Phi) is 4.66. The molecule has 0 aliphatic heterocycles. The first-order valence-corrected chi connectivity index (χ1v) is 6.04. The topological polar surface area (TPSA) is 21.3 Å². The lowest BCUT2D eigenvalue weighted by atomic mass is 10.2. The van der Waals surface area contributed by atoms with Crippen LogP contribution in [-0.2, 0) is 0 Å². The van der Waals surface area contributed by atoms with Crippen LogP contribution in [0.25, 0.3) is 0 Å². The van der Waals surface area contributed by atoms with Gasteiger partial charge in [0.25, 0.3) is 0 Å². The summed E-state index contributed by atoms with van der Waals surface area (Å²) in [6.07, 6.45) is 2.11. The molecule has 1 aromatic carbocycles. The Morgan fingerprint density at radius 1 is 1.43 bits per heavy atom. The van der Waals surface area contributed by atoms with E-state index in [2.05, 4.69) is 24.6 Å². The first kappa shape index (κ1) is 11.2. The summed E-state index contributed by atoms with van der Waals surface area (Å²) in [6, 6.07) is 6.15. The fraction of sp³-hybridized carbons (Fsp3) is 0.455. The summed E-state index contributed by atoms with van der Waals surface area (Å²) in [6.45, 7) is 3.06. The van der Waals surface area contributed by atoms with E-state index < -0.39 is 0 Å². The van der Waals surface area contributed by atoms with E-state index in [0.717, 1.165) is 23.7 Å². The van der Waals surface area contributed by atoms with Crippen LogP contribution in [0.2, 0.25) is 0 Å². The highest BCUT2D eigenvalue weighted by Crippen LogP contribution is 2.21. The van der Waals surface area contributed by atoms with Gasteiger partial charge < -0.3 is 10.1 Å². The lowest BCUT2D eigenvalue weighted by molar-refractivity contribution is 0.412. The van der Waals surface area contributed by atoms with Crippen LogP contribution in [0.4, 0.5) is 5.69 Å². The minimum Gasteiger partial charge on any atom is -0.496 e. The molecule has 0 atom stereocenters. The normalized spacial score (nSPS) is 9.93. The lowest BCUT2D eigenvalue weighted by Crippen LogP contribution is -2.03. The third-order valence-corrected chi connectivity index (χ3v) is 2.64. The minimum absolute atomic E-state index is 0.945. The molecule has 0 heterocycles. The first-order chi connectivity index (χ1) is 6.77. The summed E-state index contributed by atoms with van der Waals surface area (Å²) in [5.74, 6) is 2.07. The highest BCUT2D eigenvalue weighted by molar-refractivity contribution is 7.98. The molecule has 0 aliphatic carbocycles. The van der Waals surface area contributed by atoms with Crippen molar-refractivity contribution in [1.29, 1.82) is 0 Å². The van der Waals surface area contributed by atoms with Crippen molar-refractivity contribution in [1.82, 2.24) is 0 Å². The summed E-state index contributed by atoms with van der Waals surface area (Å²) in [7, 11) is 1.70. The Balaban J connectivity index is 2.57. The van der Waals surface area contributed by atoms with Crippen molar-refractivity contribution in [3.63, 3.8) is 0 Å². The average molecular weight is 211 g/mol. The van der Waals surface area contributed by atoms with E-state index >= 15 is 0 Å². The second-order valence-electron chi connectivity index (χ2n) is 3.10. The van der Waals surface area contributed by atoms with Gasteiger partial charge in [-0.15, -0.1) is 0 Å². The molecular weight excluding hydrogens is 194 g/mol. The van der Waals surface area contributed by atoms with Gasteiger partial charge in [-0.1, -0.05) is 0 Å². The molecule has 0 amide bonds. The molecule has 0 aliphatic rings. The van der Waals surface area contributed by atoms with Crippen LogP contribution >= 0.6 is 11.8 Å². The number of nitrogens with one attached hydrogen (secondary N) is 1. The first-order valence-electron chi connectivity index (χ1n) is 4.65. The largest absolute Gasteiger partial charge is 0.496 e. The zero-order chi connectivity index (χ0) is 10.4. The number of anilines is 1. The van der Waals surface area contributed by atoms with Crippen molar-refractivity contribution >= 4 is 17.4 Å². The van der Waals surface area contributed by atoms with E-state index in [4.69, 9.17) is 4.74 Å². The SMILES string of the molecule is COc1ccc(NCCSC)cc1C. The molecule has 0 bridgehead atoms. The third-order valence-electron chi connectivity index (χ3n) is 2.03. The molecule has 1 rings (SSSR count). The predicted molar refractivity (Wildman–Crippen MR) is 64.6 cm³/mol. The van der Waals surface area contributed by atoms with E-state index in [0.29, 0.717) is 0 Å². The molecule has 1 aromatic rings. The van der Waals surface area contributed by atoms with Crippen molar-refractivity contribution in [2.75, 3.05) is 31.0 Å². The van der Waals surface area contributed by atoms with E-state index in [1.807, 2.05) is 23.9 Å². The number of thioether (sulfide) groups is 1. The van der Waals surface area contributed by atoms with Crippen molar-refractivity contribution < 1.29 is 4.74 Å². The number of hydrogen-bond donors (Lipinski definition) is 1. The molecule has 0 unspecified atom stereocenters. The van der Waals surface area contributed by atoms with Gasteiger partial charge >= 0.3 is 0 Å². The van der Waals surface area contributed by atoms with Gasteiger partial charge in [0, 0.05) is 18.0 Å². The van der Waals surface area contributed by atoms with Gasteiger partial charge in [-0.3, -0.25) is 0 Å². The van der Waals surface area contributed by atoms with E-state index in [-0.39, 0.29) is 0 Å². The lowest BCUT2D eigenvalue weighted by Gasteiger charge is -2.09. The average Bonchev–Trinajstić information content (AvgIpc) is 2.18. The Hall–Kier alpha value is -0.830. The summed E-state index contributed by atoms with van der Waals surface area (Å²) in [5.41, 5.74) is 2.33. The number of rotatable bonds is 5. The Morgan fingerprint density at radius 3 is 2.79 bits per heavy atom. The smallest absolute Gasteiger partial charge is 0.121 e. The van der Waals surface area contributed by atoms with Gasteiger partial charge in [0.05, 0.1) is 7.11 Å². The molecule has 0 spiro atoms. The van der Waals surface area contributed by atoms with E-state index in [1.165, 1.54) is 5.56 Å². The fourth-order valence-electron chi connectivity index (χ4n) is 1.29. The molecule has 0 saturated heterocycles. The molecule has 0 fully saturated rings. The number of ether oxygens (including phenoxy) is 1. The maximum Gasteiger partial charge on any atom is 0.121 e. The standard InChI is InChI=1S/C11H17NOS/c1-9-8-10(12-6-7-14-3)4-5-11(9)13-2/h4-5,8,12H,6-7H2,1-3H3. The number of hydrogen-bond acceptors (Lipinski definition) is 3. The summed E-state index contributed by atoms with van der Waals surface area (Å²) in [4.78, 5) is 0. The zero-order valence-electron chi connectivity index (χ0n) is 8.96. The van der Waals surface area contributed by atoms with Gasteiger partial charge in [-0.05, 0) is 36.9 Å². The van der Waals surface area contributed by atoms with Crippen LogP contribution in [0.3, 0.4) is 0 Å². The van der Waals surface area contributed by atoms with Crippen LogP contribution in [0.1, 0.15) is 5.56 Å². The summed E-state index contributed by atoms with van der Waals surface area (Å²) in [5, 5.41) is 3.36. The molecule has 0 saturated carbocycles. The Labute approximate surface area is 90.0 Å². The molecule has 78 valence electrons. The van der Waals surface area contributed by atoms with Crippen LogP contribution in [0, 0.1) is 6.92 Å². The summed E-state index contributed by atoms with van der Waals surface area (Å²) >= 11 is 1.85. The van der Waals surface area contributed by atoms with Gasteiger partial charge in [0.15, 0.2) is 0 Å². The quantitative estimate of drug-likeness (QED) is 0.757.